The van der Waals surface area contributed by atoms with Gasteiger partial charge in [0.15, 0.2) is 0 Å². The lowest BCUT2D eigenvalue weighted by molar-refractivity contribution is 0.0917. The molecular weight excluding hydrogens is 350 g/mol. The average molecular weight is 380 g/mol. The average Bonchev–Trinajstić information content (AvgIpc) is 2.74. The summed E-state index contributed by atoms with van der Waals surface area (Å²) in [4.78, 5) is 26.7. The van der Waals surface area contributed by atoms with Gasteiger partial charge in [-0.25, -0.2) is 4.79 Å². The number of nitrogens with zero attached hydrogens (tertiary/aromatic N) is 1. The van der Waals surface area contributed by atoms with Crippen LogP contribution in [-0.2, 0) is 6.42 Å². The van der Waals surface area contributed by atoms with Crippen LogP contribution in [0, 0.1) is 0 Å². The van der Waals surface area contributed by atoms with Crippen molar-refractivity contribution in [1.29, 1.82) is 0 Å². The first kappa shape index (κ1) is 19.9. The summed E-state index contributed by atoms with van der Waals surface area (Å²) in [6.45, 7) is 5.43. The van der Waals surface area contributed by atoms with Gasteiger partial charge in [-0.05, 0) is 49.4 Å². The highest BCUT2D eigenvalue weighted by Gasteiger charge is 2.25. The molecule has 28 heavy (non-hydrogen) atoms. The van der Waals surface area contributed by atoms with E-state index in [0.717, 1.165) is 24.8 Å². The van der Waals surface area contributed by atoms with E-state index in [1.54, 1.807) is 0 Å². The van der Waals surface area contributed by atoms with E-state index in [9.17, 15) is 9.59 Å². The molecule has 1 saturated heterocycles. The number of nitrogens with one attached hydrogen (secondary N) is 2. The molecule has 1 unspecified atom stereocenters. The standard InChI is InChI=1S/C23H29N3O2/c1-3-18-9-11-19(12-10-18)17(2)24-23(28)26-15-13-21(14-16-26)25-22(27)20-7-5-4-6-8-20/h4-12,17,21H,3,13-16H2,1-2H3,(H,24,28)(H,25,27). The first-order valence-electron chi connectivity index (χ1n) is 10.1. The van der Waals surface area contributed by atoms with Gasteiger partial charge in [-0.15, -0.1) is 0 Å². The van der Waals surface area contributed by atoms with Crippen molar-refractivity contribution in [3.8, 4) is 0 Å². The van der Waals surface area contributed by atoms with Crippen molar-refractivity contribution in [2.24, 2.45) is 0 Å². The first-order valence-corrected chi connectivity index (χ1v) is 10.1. The Morgan fingerprint density at radius 2 is 1.68 bits per heavy atom. The van der Waals surface area contributed by atoms with Crippen LogP contribution in [0.1, 0.15) is 54.2 Å². The second-order valence-electron chi connectivity index (χ2n) is 7.37. The van der Waals surface area contributed by atoms with Crippen molar-refractivity contribution >= 4 is 11.9 Å². The van der Waals surface area contributed by atoms with Gasteiger partial charge in [-0.1, -0.05) is 49.4 Å². The molecule has 1 fully saturated rings. The maximum Gasteiger partial charge on any atom is 0.317 e. The van der Waals surface area contributed by atoms with Gasteiger partial charge in [0.25, 0.3) is 5.91 Å². The van der Waals surface area contributed by atoms with Crippen LogP contribution < -0.4 is 10.6 Å². The van der Waals surface area contributed by atoms with Crippen LogP contribution >= 0.6 is 0 Å². The fourth-order valence-corrected chi connectivity index (χ4v) is 3.49. The van der Waals surface area contributed by atoms with E-state index < -0.39 is 0 Å². The van der Waals surface area contributed by atoms with Crippen molar-refractivity contribution < 1.29 is 9.59 Å². The Morgan fingerprint density at radius 1 is 1.04 bits per heavy atom. The van der Waals surface area contributed by atoms with Crippen LogP contribution in [0.25, 0.3) is 0 Å². The lowest BCUT2D eigenvalue weighted by Crippen LogP contribution is -2.49. The monoisotopic (exact) mass is 379 g/mol. The molecule has 0 spiro atoms. The third-order valence-corrected chi connectivity index (χ3v) is 5.38. The number of piperidine rings is 1. The van der Waals surface area contributed by atoms with Gasteiger partial charge in [0.2, 0.25) is 0 Å². The third kappa shape index (κ3) is 5.12. The molecule has 1 heterocycles. The van der Waals surface area contributed by atoms with E-state index in [-0.39, 0.29) is 24.0 Å². The minimum absolute atomic E-state index is 0.0334. The van der Waals surface area contributed by atoms with Crippen LogP contribution in [0.3, 0.4) is 0 Å². The molecule has 2 aromatic rings. The Bertz CT molecular complexity index is 781. The molecule has 0 saturated carbocycles. The Balaban J connectivity index is 1.46. The summed E-state index contributed by atoms with van der Waals surface area (Å²) in [7, 11) is 0. The largest absolute Gasteiger partial charge is 0.349 e. The number of aryl methyl sites for hydroxylation is 1. The van der Waals surface area contributed by atoms with E-state index in [2.05, 4.69) is 41.8 Å². The molecule has 5 nitrogen and oxygen atoms in total. The summed E-state index contributed by atoms with van der Waals surface area (Å²) in [5, 5.41) is 6.16. The van der Waals surface area contributed by atoms with E-state index in [1.807, 2.05) is 42.2 Å². The SMILES string of the molecule is CCc1ccc(C(C)NC(=O)N2CCC(NC(=O)c3ccccc3)CC2)cc1. The lowest BCUT2D eigenvalue weighted by Gasteiger charge is -2.33. The molecule has 2 N–H and O–H groups in total. The number of benzene rings is 2. The zero-order chi connectivity index (χ0) is 19.9. The minimum atomic E-state index is -0.0485. The van der Waals surface area contributed by atoms with E-state index in [1.165, 1.54) is 5.56 Å². The van der Waals surface area contributed by atoms with Crippen LogP contribution in [0.5, 0.6) is 0 Å². The Labute approximate surface area is 167 Å². The number of urea groups is 1. The first-order chi connectivity index (χ1) is 13.6. The van der Waals surface area contributed by atoms with E-state index in [4.69, 9.17) is 0 Å². The highest BCUT2D eigenvalue weighted by molar-refractivity contribution is 5.94. The fourth-order valence-electron chi connectivity index (χ4n) is 3.49. The molecule has 3 amide bonds. The molecule has 1 atom stereocenters. The summed E-state index contributed by atoms with van der Waals surface area (Å²) in [6.07, 6.45) is 2.55. The highest BCUT2D eigenvalue weighted by Crippen LogP contribution is 2.16. The normalized spacial score (nSPS) is 15.7. The number of likely N-dealkylation sites (tertiary alicyclic amines) is 1. The predicted octanol–water partition coefficient (Wildman–Crippen LogP) is 3.91. The van der Waals surface area contributed by atoms with E-state index in [0.29, 0.717) is 18.7 Å². The maximum atomic E-state index is 12.6. The van der Waals surface area contributed by atoms with Gasteiger partial charge >= 0.3 is 6.03 Å². The summed E-state index contributed by atoms with van der Waals surface area (Å²) in [5.74, 6) is -0.0485. The van der Waals surface area contributed by atoms with E-state index >= 15 is 0 Å². The molecule has 0 aliphatic carbocycles. The van der Waals surface area contributed by atoms with Crippen molar-refractivity contribution in [2.75, 3.05) is 13.1 Å². The molecule has 3 rings (SSSR count). The summed E-state index contributed by atoms with van der Waals surface area (Å²) >= 11 is 0. The van der Waals surface area contributed by atoms with Gasteiger partial charge in [-0.3, -0.25) is 4.79 Å². The third-order valence-electron chi connectivity index (χ3n) is 5.38. The Hall–Kier alpha value is -2.82. The van der Waals surface area contributed by atoms with Crippen molar-refractivity contribution in [1.82, 2.24) is 15.5 Å². The second-order valence-corrected chi connectivity index (χ2v) is 7.37. The Morgan fingerprint density at radius 3 is 2.29 bits per heavy atom. The highest BCUT2D eigenvalue weighted by atomic mass is 16.2. The van der Waals surface area contributed by atoms with Crippen molar-refractivity contribution in [3.05, 3.63) is 71.3 Å². The quantitative estimate of drug-likeness (QED) is 0.827. The van der Waals surface area contributed by atoms with Gasteiger partial charge in [0, 0.05) is 24.7 Å². The topological polar surface area (TPSA) is 61.4 Å². The molecule has 1 aliphatic rings. The van der Waals surface area contributed by atoms with Crippen molar-refractivity contribution in [2.45, 2.75) is 45.2 Å². The Kier molecular flexibility index (Phi) is 6.69. The number of hydrogen-bond donors (Lipinski definition) is 2. The number of hydrogen-bond acceptors (Lipinski definition) is 2. The molecule has 0 aromatic heterocycles. The second kappa shape index (κ2) is 9.40. The zero-order valence-corrected chi connectivity index (χ0v) is 16.7. The minimum Gasteiger partial charge on any atom is -0.349 e. The number of amides is 3. The molecule has 1 aliphatic heterocycles. The van der Waals surface area contributed by atoms with Crippen molar-refractivity contribution in [3.63, 3.8) is 0 Å². The fraction of sp³-hybridized carbons (Fsp3) is 0.391. The molecule has 2 aromatic carbocycles. The smallest absolute Gasteiger partial charge is 0.317 e. The molecular formula is C23H29N3O2. The molecule has 148 valence electrons. The van der Waals surface area contributed by atoms with Crippen LogP contribution in [0.4, 0.5) is 4.79 Å². The number of carbonyl (C=O) groups is 2. The number of rotatable bonds is 5. The van der Waals surface area contributed by atoms with Gasteiger partial charge in [-0.2, -0.15) is 0 Å². The molecule has 0 radical (unpaired) electrons. The van der Waals surface area contributed by atoms with Gasteiger partial charge < -0.3 is 15.5 Å². The van der Waals surface area contributed by atoms with Gasteiger partial charge in [0.05, 0.1) is 6.04 Å². The maximum absolute atomic E-state index is 12.6. The summed E-state index contributed by atoms with van der Waals surface area (Å²) in [6, 6.07) is 17.6. The lowest BCUT2D eigenvalue weighted by atomic mass is 10.0. The molecule has 5 heteroatoms. The summed E-state index contributed by atoms with van der Waals surface area (Å²) in [5.41, 5.74) is 3.07. The zero-order valence-electron chi connectivity index (χ0n) is 16.7. The number of carbonyl (C=O) groups excluding carboxylic acids is 2. The summed E-state index contributed by atoms with van der Waals surface area (Å²) < 4.78 is 0. The molecule has 0 bridgehead atoms. The predicted molar refractivity (Wildman–Crippen MR) is 111 cm³/mol. The van der Waals surface area contributed by atoms with Crippen LogP contribution in [-0.4, -0.2) is 36.0 Å². The van der Waals surface area contributed by atoms with Gasteiger partial charge in [0.1, 0.15) is 0 Å². The van der Waals surface area contributed by atoms with Crippen LogP contribution in [0.15, 0.2) is 54.6 Å². The van der Waals surface area contributed by atoms with Crippen LogP contribution in [0.2, 0.25) is 0 Å².